The van der Waals surface area contributed by atoms with Crippen LogP contribution in [0.4, 0.5) is 4.39 Å². The fraction of sp³-hybridized carbons (Fsp3) is 0.500. The van der Waals surface area contributed by atoms with Gasteiger partial charge >= 0.3 is 0 Å². The predicted octanol–water partition coefficient (Wildman–Crippen LogP) is 2.67. The Hall–Kier alpha value is -4.54. The SMILES string of the molecule is C=CCOc1c(C)c2c(c3c1CC1[C@@H]4c5c(cc(C)c(OC)c5O)C[C@@H]([C@H](C#N)N1[C@H]3CNC(=O)[C@H](C)NC(=O)CF)N4C)OCO2. The van der Waals surface area contributed by atoms with Crippen LogP contribution >= 0.6 is 0 Å². The van der Waals surface area contributed by atoms with E-state index in [0.29, 0.717) is 35.8 Å². The van der Waals surface area contributed by atoms with Gasteiger partial charge in [-0.05, 0) is 51.8 Å². The van der Waals surface area contributed by atoms with Gasteiger partial charge in [0, 0.05) is 40.9 Å². The van der Waals surface area contributed by atoms with Gasteiger partial charge < -0.3 is 34.7 Å². The highest BCUT2D eigenvalue weighted by atomic mass is 19.1. The second kappa shape index (κ2) is 12.6. The summed E-state index contributed by atoms with van der Waals surface area (Å²) in [6.45, 7) is 8.13. The molecule has 2 aromatic rings. The Bertz CT molecular complexity index is 1680. The van der Waals surface area contributed by atoms with Crippen LogP contribution in [-0.2, 0) is 22.4 Å². The maximum Gasteiger partial charge on any atom is 0.252 e. The lowest BCUT2D eigenvalue weighted by molar-refractivity contribution is -0.129. The van der Waals surface area contributed by atoms with E-state index in [4.69, 9.17) is 18.9 Å². The molecule has 250 valence electrons. The topological polar surface area (TPSA) is 146 Å². The number of phenolic OH excluding ortho intramolecular Hbond substituents is 1. The largest absolute Gasteiger partial charge is 0.504 e. The lowest BCUT2D eigenvalue weighted by atomic mass is 9.71. The number of nitrogens with zero attached hydrogens (tertiary/aromatic N) is 3. The van der Waals surface area contributed by atoms with Crippen molar-refractivity contribution in [2.75, 3.05) is 40.8 Å². The van der Waals surface area contributed by atoms with Crippen molar-refractivity contribution < 1.29 is 38.0 Å². The summed E-state index contributed by atoms with van der Waals surface area (Å²) in [5, 5.41) is 27.8. The van der Waals surface area contributed by atoms with Crippen LogP contribution in [0.15, 0.2) is 18.7 Å². The van der Waals surface area contributed by atoms with Gasteiger partial charge in [-0.3, -0.25) is 19.4 Å². The Labute approximate surface area is 273 Å². The van der Waals surface area contributed by atoms with Gasteiger partial charge in [0.15, 0.2) is 29.7 Å². The highest BCUT2D eigenvalue weighted by molar-refractivity contribution is 5.87. The minimum Gasteiger partial charge on any atom is -0.504 e. The smallest absolute Gasteiger partial charge is 0.252 e. The van der Waals surface area contributed by atoms with E-state index in [1.165, 1.54) is 14.0 Å². The molecule has 0 aromatic heterocycles. The van der Waals surface area contributed by atoms with Crippen molar-refractivity contribution in [2.24, 2.45) is 0 Å². The zero-order valence-electron chi connectivity index (χ0n) is 27.2. The molecule has 0 spiro atoms. The molecule has 1 saturated heterocycles. The molecule has 12 nitrogen and oxygen atoms in total. The van der Waals surface area contributed by atoms with Crippen LogP contribution in [0.25, 0.3) is 0 Å². The summed E-state index contributed by atoms with van der Waals surface area (Å²) in [6.07, 6.45) is 2.60. The van der Waals surface area contributed by atoms with Crippen molar-refractivity contribution in [2.45, 2.75) is 69.9 Å². The molecule has 4 aliphatic rings. The molecule has 1 fully saturated rings. The van der Waals surface area contributed by atoms with Gasteiger partial charge in [-0.15, -0.1) is 0 Å². The number of ether oxygens (including phenoxy) is 4. The van der Waals surface area contributed by atoms with Crippen LogP contribution in [-0.4, -0.2) is 91.7 Å². The average Bonchev–Trinajstić information content (AvgIpc) is 3.54. The third-order valence-electron chi connectivity index (χ3n) is 9.97. The number of hydrogen-bond donors (Lipinski definition) is 3. The quantitative estimate of drug-likeness (QED) is 0.347. The number of carbonyl (C=O) groups excluding carboxylic acids is 2. The van der Waals surface area contributed by atoms with E-state index < -0.39 is 36.6 Å². The molecule has 0 aliphatic carbocycles. The molecule has 6 atom stereocenters. The molecule has 6 rings (SSSR count). The molecule has 2 amide bonds. The number of aromatic hydroxyl groups is 1. The van der Waals surface area contributed by atoms with Crippen molar-refractivity contribution in [3.63, 3.8) is 0 Å². The van der Waals surface area contributed by atoms with Gasteiger partial charge in [-0.2, -0.15) is 5.26 Å². The molecule has 2 aromatic carbocycles. The number of alkyl halides is 1. The summed E-state index contributed by atoms with van der Waals surface area (Å²) in [7, 11) is 3.51. The first-order chi connectivity index (χ1) is 22.6. The molecule has 2 bridgehead atoms. The highest BCUT2D eigenvalue weighted by Gasteiger charge is 2.56. The van der Waals surface area contributed by atoms with Crippen LogP contribution in [0.2, 0.25) is 0 Å². The number of halogens is 1. The summed E-state index contributed by atoms with van der Waals surface area (Å²) in [5.41, 5.74) is 4.88. The van der Waals surface area contributed by atoms with Crippen LogP contribution < -0.4 is 29.6 Å². The molecule has 13 heteroatoms. The number of phenols is 1. The number of likely N-dealkylation sites (N-methyl/N-ethyl adjacent to an activating group) is 1. The Morgan fingerprint density at radius 3 is 2.66 bits per heavy atom. The van der Waals surface area contributed by atoms with Crippen LogP contribution in [0, 0.1) is 25.2 Å². The Balaban J connectivity index is 1.54. The number of aryl methyl sites for hydroxylation is 1. The first-order valence-corrected chi connectivity index (χ1v) is 15.7. The number of nitriles is 1. The van der Waals surface area contributed by atoms with E-state index in [1.54, 1.807) is 6.08 Å². The summed E-state index contributed by atoms with van der Waals surface area (Å²) in [4.78, 5) is 29.2. The fourth-order valence-electron chi connectivity index (χ4n) is 8.06. The zero-order chi connectivity index (χ0) is 33.7. The number of rotatable bonds is 9. The fourth-order valence-corrected chi connectivity index (χ4v) is 8.06. The first kappa shape index (κ1) is 32.4. The normalized spacial score (nSPS) is 24.6. The molecular formula is C34H40FN5O7. The van der Waals surface area contributed by atoms with Crippen molar-refractivity contribution in [3.05, 3.63) is 52.1 Å². The maximum absolute atomic E-state index is 13.2. The standard InChI is InChI=1S/C34H40FN5O7/c1-7-8-45-31-17(3)32-33(47-15-46-32)27-20(31)11-22-28-26-19(9-16(2)30(44-6)29(26)42)10-21(39(28)5)23(13-36)40(22)24(27)14-37-34(43)18(4)38-25(41)12-35/h7,9,18,21-24,28,42H,1,8,10-12,14-15H2,2-6H3,(H,37,43)(H,38,41)/t18-,21-,22?,23-,24-,28+/m0/s1. The molecule has 0 radical (unpaired) electrons. The Kier molecular flexibility index (Phi) is 8.67. The van der Waals surface area contributed by atoms with Crippen molar-refractivity contribution in [1.29, 1.82) is 5.26 Å². The second-order valence-electron chi connectivity index (χ2n) is 12.5. The summed E-state index contributed by atoms with van der Waals surface area (Å²) in [6, 6.07) is 1.45. The molecule has 0 saturated carbocycles. The van der Waals surface area contributed by atoms with Crippen molar-refractivity contribution in [1.82, 2.24) is 20.4 Å². The number of piperazine rings is 1. The molecule has 47 heavy (non-hydrogen) atoms. The minimum atomic E-state index is -1.24. The predicted molar refractivity (Wildman–Crippen MR) is 168 cm³/mol. The van der Waals surface area contributed by atoms with Gasteiger partial charge in [-0.25, -0.2) is 4.39 Å². The van der Waals surface area contributed by atoms with Crippen LogP contribution in [0.5, 0.6) is 28.7 Å². The van der Waals surface area contributed by atoms with E-state index in [1.807, 2.05) is 27.0 Å². The Morgan fingerprint density at radius 2 is 1.98 bits per heavy atom. The molecule has 1 unspecified atom stereocenters. The number of benzene rings is 2. The third kappa shape index (κ3) is 5.10. The van der Waals surface area contributed by atoms with Crippen LogP contribution in [0.1, 0.15) is 52.4 Å². The van der Waals surface area contributed by atoms with Gasteiger partial charge in [-0.1, -0.05) is 18.7 Å². The van der Waals surface area contributed by atoms with Gasteiger partial charge in [0.1, 0.15) is 24.4 Å². The molecule has 3 N–H and O–H groups in total. The first-order valence-electron chi connectivity index (χ1n) is 15.7. The number of carbonyl (C=O) groups is 2. The van der Waals surface area contributed by atoms with E-state index in [9.17, 15) is 24.3 Å². The highest BCUT2D eigenvalue weighted by Crippen LogP contribution is 2.58. The van der Waals surface area contributed by atoms with Crippen molar-refractivity contribution in [3.8, 4) is 34.8 Å². The number of amides is 2. The maximum atomic E-state index is 13.2. The van der Waals surface area contributed by atoms with E-state index in [0.717, 1.165) is 33.4 Å². The zero-order valence-corrected chi connectivity index (χ0v) is 27.2. The summed E-state index contributed by atoms with van der Waals surface area (Å²) < 4.78 is 36.8. The van der Waals surface area contributed by atoms with Crippen LogP contribution in [0.3, 0.4) is 0 Å². The van der Waals surface area contributed by atoms with Crippen molar-refractivity contribution >= 4 is 11.8 Å². The second-order valence-corrected chi connectivity index (χ2v) is 12.5. The Morgan fingerprint density at radius 1 is 1.23 bits per heavy atom. The number of methoxy groups -OCH3 is 1. The molecule has 4 aliphatic heterocycles. The number of hydrogen-bond acceptors (Lipinski definition) is 10. The lowest BCUT2D eigenvalue weighted by Gasteiger charge is -2.60. The van der Waals surface area contributed by atoms with E-state index in [-0.39, 0.29) is 43.8 Å². The molecule has 4 heterocycles. The van der Waals surface area contributed by atoms with E-state index >= 15 is 0 Å². The number of fused-ring (bicyclic) bond motifs is 9. The monoisotopic (exact) mass is 649 g/mol. The number of nitrogens with one attached hydrogen (secondary N) is 2. The lowest BCUT2D eigenvalue weighted by Crippen LogP contribution is -2.69. The minimum absolute atomic E-state index is 0.00160. The van der Waals surface area contributed by atoms with Gasteiger partial charge in [0.25, 0.3) is 5.91 Å². The average molecular weight is 650 g/mol. The van der Waals surface area contributed by atoms with E-state index in [2.05, 4.69) is 33.1 Å². The summed E-state index contributed by atoms with van der Waals surface area (Å²) in [5.74, 6) is 0.760. The van der Waals surface area contributed by atoms with Gasteiger partial charge in [0.2, 0.25) is 12.7 Å². The van der Waals surface area contributed by atoms with Gasteiger partial charge in [0.05, 0.1) is 25.3 Å². The molecular weight excluding hydrogens is 609 g/mol. The third-order valence-corrected chi connectivity index (χ3v) is 9.97. The summed E-state index contributed by atoms with van der Waals surface area (Å²) >= 11 is 0.